The molecule has 38 heavy (non-hydrogen) atoms. The summed E-state index contributed by atoms with van der Waals surface area (Å²) in [5, 5.41) is 5.99. The fourth-order valence-corrected chi connectivity index (χ4v) is 4.11. The van der Waals surface area contributed by atoms with Gasteiger partial charge >= 0.3 is 6.09 Å². The number of alkyl carbamates (subject to hydrolysis) is 1. The van der Waals surface area contributed by atoms with Crippen molar-refractivity contribution in [2.45, 2.75) is 45.9 Å². The molecule has 2 amide bonds. The van der Waals surface area contributed by atoms with E-state index >= 15 is 0 Å². The number of primary amides is 1. The van der Waals surface area contributed by atoms with Gasteiger partial charge in [0, 0.05) is 37.8 Å². The smallest absolute Gasteiger partial charge is 0.407 e. The van der Waals surface area contributed by atoms with Gasteiger partial charge in [-0.2, -0.15) is 0 Å². The largest absolute Gasteiger partial charge is 0.444 e. The van der Waals surface area contributed by atoms with E-state index in [1.165, 1.54) is 11.9 Å². The minimum absolute atomic E-state index is 0.257. The zero-order valence-corrected chi connectivity index (χ0v) is 22.3. The molecule has 4 rings (SSSR count). The molecule has 11 heteroatoms. The van der Waals surface area contributed by atoms with Gasteiger partial charge in [0.25, 0.3) is 5.91 Å². The van der Waals surface area contributed by atoms with Crippen LogP contribution in [0.5, 0.6) is 0 Å². The molecule has 4 N–H and O–H groups in total. The third-order valence-electron chi connectivity index (χ3n) is 5.95. The monoisotopic (exact) mass is 521 g/mol. The van der Waals surface area contributed by atoms with Crippen molar-refractivity contribution in [2.75, 3.05) is 38.2 Å². The first-order valence-electron chi connectivity index (χ1n) is 12.7. The van der Waals surface area contributed by atoms with Crippen molar-refractivity contribution in [1.82, 2.24) is 25.2 Å². The van der Waals surface area contributed by atoms with Gasteiger partial charge in [-0.1, -0.05) is 24.3 Å². The Labute approximate surface area is 222 Å². The lowest BCUT2D eigenvalue weighted by Gasteiger charge is -2.26. The van der Waals surface area contributed by atoms with Crippen LogP contribution in [-0.2, 0) is 16.0 Å². The second-order valence-corrected chi connectivity index (χ2v) is 10.4. The molecule has 1 aromatic carbocycles. The Morgan fingerprint density at radius 3 is 2.50 bits per heavy atom. The second-order valence-electron chi connectivity index (χ2n) is 10.4. The van der Waals surface area contributed by atoms with Crippen LogP contribution in [0, 0.1) is 0 Å². The number of nitrogens with zero attached hydrogens (tertiary/aromatic N) is 4. The quantitative estimate of drug-likeness (QED) is 0.407. The van der Waals surface area contributed by atoms with E-state index in [0.717, 1.165) is 38.4 Å². The maximum absolute atomic E-state index is 12.3. The summed E-state index contributed by atoms with van der Waals surface area (Å²) < 4.78 is 10.7. The lowest BCUT2D eigenvalue weighted by molar-refractivity contribution is 0.0342. The number of morpholine rings is 1. The van der Waals surface area contributed by atoms with Crippen molar-refractivity contribution in [3.05, 3.63) is 47.8 Å². The third-order valence-corrected chi connectivity index (χ3v) is 5.95. The van der Waals surface area contributed by atoms with Crippen LogP contribution in [0.4, 0.5) is 10.6 Å². The van der Waals surface area contributed by atoms with Crippen molar-refractivity contribution in [3.63, 3.8) is 0 Å². The third kappa shape index (κ3) is 7.14. The molecule has 11 nitrogen and oxygen atoms in total. The van der Waals surface area contributed by atoms with Crippen molar-refractivity contribution < 1.29 is 19.1 Å². The van der Waals surface area contributed by atoms with Gasteiger partial charge in [0.15, 0.2) is 5.82 Å². The average Bonchev–Trinajstić information content (AvgIpc) is 2.86. The first kappa shape index (κ1) is 27.2. The molecule has 0 spiro atoms. The number of rotatable bonds is 8. The average molecular weight is 522 g/mol. The van der Waals surface area contributed by atoms with E-state index in [1.807, 2.05) is 19.1 Å². The Morgan fingerprint density at radius 2 is 1.84 bits per heavy atom. The summed E-state index contributed by atoms with van der Waals surface area (Å²) in [6, 6.07) is 9.48. The predicted octanol–water partition coefficient (Wildman–Crippen LogP) is 2.95. The van der Waals surface area contributed by atoms with E-state index < -0.39 is 17.6 Å². The minimum Gasteiger partial charge on any atom is -0.444 e. The molecule has 1 saturated heterocycles. The number of carbonyl (C=O) groups excluding carboxylic acids is 2. The molecular weight excluding hydrogens is 486 g/mol. The van der Waals surface area contributed by atoms with E-state index in [-0.39, 0.29) is 11.6 Å². The number of amides is 2. The lowest BCUT2D eigenvalue weighted by atomic mass is 10.0. The Bertz CT molecular complexity index is 1290. The Hall–Kier alpha value is -3.83. The number of anilines is 1. The predicted molar refractivity (Wildman–Crippen MR) is 145 cm³/mol. The lowest BCUT2D eigenvalue weighted by Crippen LogP contribution is -2.40. The van der Waals surface area contributed by atoms with E-state index in [1.54, 1.807) is 26.8 Å². The minimum atomic E-state index is -0.604. The van der Waals surface area contributed by atoms with E-state index in [4.69, 9.17) is 20.2 Å². The number of benzene rings is 1. The molecule has 2 aromatic heterocycles. The van der Waals surface area contributed by atoms with Crippen LogP contribution in [-0.4, -0.2) is 76.3 Å². The summed E-state index contributed by atoms with van der Waals surface area (Å²) in [7, 11) is 0. The summed E-state index contributed by atoms with van der Waals surface area (Å²) >= 11 is 0. The Kier molecular flexibility index (Phi) is 8.38. The molecule has 0 saturated carbocycles. The van der Waals surface area contributed by atoms with Crippen molar-refractivity contribution in [3.8, 4) is 11.3 Å². The number of ether oxygens (including phenoxy) is 2. The van der Waals surface area contributed by atoms with Crippen molar-refractivity contribution >= 4 is 28.9 Å². The van der Waals surface area contributed by atoms with E-state index in [0.29, 0.717) is 29.1 Å². The number of aromatic nitrogens is 3. The molecule has 0 aliphatic carbocycles. The van der Waals surface area contributed by atoms with Crippen LogP contribution in [0.15, 0.2) is 36.7 Å². The number of carbonyl (C=O) groups is 2. The highest BCUT2D eigenvalue weighted by Crippen LogP contribution is 2.27. The van der Waals surface area contributed by atoms with E-state index in [9.17, 15) is 9.59 Å². The summed E-state index contributed by atoms with van der Waals surface area (Å²) in [6.07, 6.45) is 0.845. The normalized spacial score (nSPS) is 15.2. The summed E-state index contributed by atoms with van der Waals surface area (Å²) in [5.74, 6) is -0.173. The van der Waals surface area contributed by atoms with Crippen LogP contribution in [0.25, 0.3) is 22.3 Å². The molecule has 1 atom stereocenters. The second kappa shape index (κ2) is 11.7. The molecule has 1 aliphatic heterocycles. The van der Waals surface area contributed by atoms with Gasteiger partial charge in [0.2, 0.25) is 0 Å². The van der Waals surface area contributed by atoms with Crippen LogP contribution < -0.4 is 16.4 Å². The van der Waals surface area contributed by atoms with Gasteiger partial charge < -0.3 is 25.8 Å². The fourth-order valence-electron chi connectivity index (χ4n) is 4.11. The molecule has 1 fully saturated rings. The van der Waals surface area contributed by atoms with Gasteiger partial charge in [-0.15, -0.1) is 0 Å². The molecule has 0 radical (unpaired) electrons. The van der Waals surface area contributed by atoms with Gasteiger partial charge in [-0.05, 0) is 39.3 Å². The van der Waals surface area contributed by atoms with Gasteiger partial charge in [-0.25, -0.2) is 19.7 Å². The molecule has 3 aromatic rings. The summed E-state index contributed by atoms with van der Waals surface area (Å²) in [4.78, 5) is 40.2. The molecule has 1 aliphatic rings. The standard InChI is InChI=1S/C27H35N7O4/c1-17(32-26(36)38-27(2,3)4)14-29-25-23-22(30-16-31-25)20(24(28)35)13-21(33-23)19-7-5-18(6-8-19)15-34-9-11-37-12-10-34/h5-8,13,16-17H,9-12,14-15H2,1-4H3,(H2,28,35)(H,32,36)(H,29,30,31). The van der Waals surface area contributed by atoms with Crippen molar-refractivity contribution in [1.29, 1.82) is 0 Å². The first-order chi connectivity index (χ1) is 18.1. The van der Waals surface area contributed by atoms with Gasteiger partial charge in [0.05, 0.1) is 24.5 Å². The van der Waals surface area contributed by atoms with Crippen molar-refractivity contribution in [2.24, 2.45) is 5.73 Å². The SMILES string of the molecule is CC(CNc1ncnc2c(C(N)=O)cc(-c3ccc(CN4CCOCC4)cc3)nc12)NC(=O)OC(C)(C)C. The van der Waals surface area contributed by atoms with Crippen LogP contribution in [0.3, 0.4) is 0 Å². The number of nitrogens with one attached hydrogen (secondary N) is 2. The summed E-state index contributed by atoms with van der Waals surface area (Å²) in [6.45, 7) is 11.8. The maximum atomic E-state index is 12.3. The van der Waals surface area contributed by atoms with E-state index in [2.05, 4.69) is 37.6 Å². The fraction of sp³-hybridized carbons (Fsp3) is 0.444. The van der Waals surface area contributed by atoms with Gasteiger partial charge in [0.1, 0.15) is 23.0 Å². The highest BCUT2D eigenvalue weighted by atomic mass is 16.6. The molecule has 0 bridgehead atoms. The van der Waals surface area contributed by atoms with Crippen LogP contribution in [0.1, 0.15) is 43.6 Å². The maximum Gasteiger partial charge on any atom is 0.407 e. The zero-order chi connectivity index (χ0) is 27.3. The topological polar surface area (TPSA) is 145 Å². The van der Waals surface area contributed by atoms with Gasteiger partial charge in [-0.3, -0.25) is 9.69 Å². The highest BCUT2D eigenvalue weighted by molar-refractivity contribution is 6.06. The van der Waals surface area contributed by atoms with Crippen LogP contribution in [0.2, 0.25) is 0 Å². The summed E-state index contributed by atoms with van der Waals surface area (Å²) in [5.41, 5.74) is 8.76. The number of nitrogens with two attached hydrogens (primary N) is 1. The number of fused-ring (bicyclic) bond motifs is 1. The zero-order valence-electron chi connectivity index (χ0n) is 22.3. The number of hydrogen-bond donors (Lipinski definition) is 3. The molecule has 202 valence electrons. The highest BCUT2D eigenvalue weighted by Gasteiger charge is 2.19. The molecule has 1 unspecified atom stereocenters. The molecule has 3 heterocycles. The number of pyridine rings is 1. The first-order valence-corrected chi connectivity index (χ1v) is 12.7. The van der Waals surface area contributed by atoms with Crippen LogP contribution >= 0.6 is 0 Å². The Balaban J connectivity index is 1.55. The number of hydrogen-bond acceptors (Lipinski definition) is 9. The Morgan fingerprint density at radius 1 is 1.13 bits per heavy atom. The molecular formula is C27H35N7O4.